The minimum absolute atomic E-state index is 0.147. The van der Waals surface area contributed by atoms with Gasteiger partial charge < -0.3 is 10.2 Å². The molecule has 2 heterocycles. The molecule has 0 spiro atoms. The van der Waals surface area contributed by atoms with Gasteiger partial charge in [0.1, 0.15) is 6.07 Å². The normalized spacial score (nSPS) is 12.3. The molecule has 25 heavy (non-hydrogen) atoms. The van der Waals surface area contributed by atoms with Crippen LogP contribution in [0.1, 0.15) is 22.7 Å². The van der Waals surface area contributed by atoms with Crippen LogP contribution >= 0.6 is 0 Å². The molecule has 6 nitrogen and oxygen atoms in total. The van der Waals surface area contributed by atoms with Crippen LogP contribution in [0.15, 0.2) is 36.8 Å². The maximum atomic E-state index is 9.49. The van der Waals surface area contributed by atoms with E-state index in [1.54, 1.807) is 10.9 Å². The monoisotopic (exact) mass is 334 g/mol. The van der Waals surface area contributed by atoms with Gasteiger partial charge in [-0.25, -0.2) is 0 Å². The van der Waals surface area contributed by atoms with Crippen molar-refractivity contribution in [1.82, 2.24) is 19.7 Å². The second-order valence-electron chi connectivity index (χ2n) is 6.44. The molecule has 6 heteroatoms. The Kier molecular flexibility index (Phi) is 4.68. The van der Waals surface area contributed by atoms with Gasteiger partial charge in [-0.15, -0.1) is 0 Å². The predicted octanol–water partition coefficient (Wildman–Crippen LogP) is 2.86. The third kappa shape index (κ3) is 3.32. The van der Waals surface area contributed by atoms with Gasteiger partial charge in [0, 0.05) is 36.9 Å². The molecule has 0 fully saturated rings. The number of aryl methyl sites for hydroxylation is 2. The van der Waals surface area contributed by atoms with Crippen LogP contribution < -0.4 is 5.32 Å². The van der Waals surface area contributed by atoms with Gasteiger partial charge in [-0.05, 0) is 26.6 Å². The smallest absolute Gasteiger partial charge is 0.103 e. The van der Waals surface area contributed by atoms with Gasteiger partial charge in [0.15, 0.2) is 0 Å². The number of nitrogens with one attached hydrogen (secondary N) is 1. The van der Waals surface area contributed by atoms with Crippen LogP contribution in [0.4, 0.5) is 5.69 Å². The molecular formula is C19H22N6. The number of hydrogen-bond donors (Lipinski definition) is 1. The molecule has 2 aromatic heterocycles. The van der Waals surface area contributed by atoms with Crippen LogP contribution in [0.3, 0.4) is 0 Å². The molecule has 0 aliphatic carbocycles. The fourth-order valence-electron chi connectivity index (χ4n) is 3.06. The topological polar surface area (TPSA) is 69.8 Å². The highest BCUT2D eigenvalue weighted by Crippen LogP contribution is 2.28. The highest BCUT2D eigenvalue weighted by Gasteiger charge is 2.17. The molecule has 128 valence electrons. The number of pyridine rings is 1. The number of benzene rings is 1. The predicted molar refractivity (Wildman–Crippen MR) is 99.3 cm³/mol. The third-order valence-corrected chi connectivity index (χ3v) is 4.42. The quantitative estimate of drug-likeness (QED) is 0.777. The number of hydrogen-bond acceptors (Lipinski definition) is 5. The summed E-state index contributed by atoms with van der Waals surface area (Å²) in [6.45, 7) is 2.70. The summed E-state index contributed by atoms with van der Waals surface area (Å²) in [5, 5.41) is 18.2. The van der Waals surface area contributed by atoms with Crippen molar-refractivity contribution in [2.75, 3.05) is 26.0 Å². The first-order valence-electron chi connectivity index (χ1n) is 8.18. The highest BCUT2D eigenvalue weighted by molar-refractivity contribution is 5.95. The zero-order valence-electron chi connectivity index (χ0n) is 15.0. The minimum Gasteiger partial charge on any atom is -0.381 e. The van der Waals surface area contributed by atoms with E-state index in [-0.39, 0.29) is 6.04 Å². The maximum absolute atomic E-state index is 9.49. The maximum Gasteiger partial charge on any atom is 0.103 e. The van der Waals surface area contributed by atoms with E-state index < -0.39 is 0 Å². The van der Waals surface area contributed by atoms with Crippen LogP contribution in [0.5, 0.6) is 0 Å². The molecule has 0 saturated heterocycles. The molecule has 0 aliphatic rings. The van der Waals surface area contributed by atoms with Gasteiger partial charge in [0.05, 0.1) is 29.0 Å². The summed E-state index contributed by atoms with van der Waals surface area (Å²) in [6.07, 6.45) is 5.55. The first-order valence-corrected chi connectivity index (χ1v) is 8.18. The second-order valence-corrected chi connectivity index (χ2v) is 6.44. The summed E-state index contributed by atoms with van der Waals surface area (Å²) in [7, 11) is 6.00. The number of nitrogens with zero attached hydrogens (tertiary/aromatic N) is 5. The molecule has 0 amide bonds. The Morgan fingerprint density at radius 3 is 2.76 bits per heavy atom. The van der Waals surface area contributed by atoms with Crippen molar-refractivity contribution in [1.29, 1.82) is 5.26 Å². The molecule has 3 rings (SSSR count). The second kappa shape index (κ2) is 6.91. The summed E-state index contributed by atoms with van der Waals surface area (Å²) in [6, 6.07) is 8.43. The van der Waals surface area contributed by atoms with Crippen molar-refractivity contribution in [3.63, 3.8) is 0 Å². The number of para-hydroxylation sites is 1. The Morgan fingerprint density at radius 2 is 2.12 bits per heavy atom. The lowest BCUT2D eigenvalue weighted by atomic mass is 10.1. The largest absolute Gasteiger partial charge is 0.381 e. The molecular weight excluding hydrogens is 312 g/mol. The molecule has 1 atom stereocenters. The molecule has 1 aromatic carbocycles. The van der Waals surface area contributed by atoms with E-state index in [2.05, 4.69) is 26.4 Å². The molecule has 0 aliphatic heterocycles. The van der Waals surface area contributed by atoms with Crippen molar-refractivity contribution >= 4 is 16.6 Å². The van der Waals surface area contributed by atoms with Crippen LogP contribution in [0, 0.1) is 18.3 Å². The number of nitriles is 1. The van der Waals surface area contributed by atoms with E-state index in [1.807, 2.05) is 58.7 Å². The Balaban J connectivity index is 1.96. The van der Waals surface area contributed by atoms with Crippen LogP contribution in [0.2, 0.25) is 0 Å². The summed E-state index contributed by atoms with van der Waals surface area (Å²) in [5.74, 6) is 0. The van der Waals surface area contributed by atoms with Crippen molar-refractivity contribution in [2.24, 2.45) is 7.05 Å². The fourth-order valence-corrected chi connectivity index (χ4v) is 3.06. The standard InChI is InChI=1S/C19H22N6/c1-13-6-5-7-16-18(13)21-9-14(8-20)19(16)22-11-17(24(2)3)15-10-23-25(4)12-15/h5-7,9-10,12,17H,11H2,1-4H3,(H,21,22). The lowest BCUT2D eigenvalue weighted by Gasteiger charge is -2.24. The SMILES string of the molecule is Cc1cccc2c(NCC(c3cnn(C)c3)N(C)C)c(C#N)cnc12. The van der Waals surface area contributed by atoms with Gasteiger partial charge in [0.25, 0.3) is 0 Å². The van der Waals surface area contributed by atoms with Gasteiger partial charge >= 0.3 is 0 Å². The van der Waals surface area contributed by atoms with Crippen LogP contribution in [-0.4, -0.2) is 40.3 Å². The Labute approximate surface area is 147 Å². The Hall–Kier alpha value is -2.91. The fraction of sp³-hybridized carbons (Fsp3) is 0.316. The first kappa shape index (κ1) is 16.9. The molecule has 1 N–H and O–H groups in total. The zero-order chi connectivity index (χ0) is 18.0. The van der Waals surface area contributed by atoms with Gasteiger partial charge in [-0.3, -0.25) is 9.67 Å². The number of anilines is 1. The van der Waals surface area contributed by atoms with Crippen molar-refractivity contribution < 1.29 is 0 Å². The average molecular weight is 334 g/mol. The van der Waals surface area contributed by atoms with E-state index in [1.165, 1.54) is 0 Å². The average Bonchev–Trinajstić information content (AvgIpc) is 3.01. The lowest BCUT2D eigenvalue weighted by molar-refractivity contribution is 0.312. The lowest BCUT2D eigenvalue weighted by Crippen LogP contribution is -2.26. The Bertz CT molecular complexity index is 935. The summed E-state index contributed by atoms with van der Waals surface area (Å²) in [4.78, 5) is 6.59. The van der Waals surface area contributed by atoms with E-state index in [9.17, 15) is 5.26 Å². The van der Waals surface area contributed by atoms with Crippen molar-refractivity contribution in [2.45, 2.75) is 13.0 Å². The number of aromatic nitrogens is 3. The number of fused-ring (bicyclic) bond motifs is 1. The van der Waals surface area contributed by atoms with Crippen LogP contribution in [-0.2, 0) is 7.05 Å². The summed E-state index contributed by atoms with van der Waals surface area (Å²) < 4.78 is 1.80. The van der Waals surface area contributed by atoms with E-state index in [0.29, 0.717) is 12.1 Å². The van der Waals surface area contributed by atoms with E-state index >= 15 is 0 Å². The van der Waals surface area contributed by atoms with E-state index in [0.717, 1.165) is 27.7 Å². The minimum atomic E-state index is 0.147. The summed E-state index contributed by atoms with van der Waals surface area (Å²) in [5.41, 5.74) is 4.55. The first-order chi connectivity index (χ1) is 12.0. The molecule has 0 bridgehead atoms. The number of rotatable bonds is 5. The molecule has 0 radical (unpaired) electrons. The third-order valence-electron chi connectivity index (χ3n) is 4.42. The van der Waals surface area contributed by atoms with Gasteiger partial charge in [-0.1, -0.05) is 18.2 Å². The molecule has 3 aromatic rings. The van der Waals surface area contributed by atoms with Crippen LogP contribution in [0.25, 0.3) is 10.9 Å². The molecule has 1 unspecified atom stereocenters. The molecule has 0 saturated carbocycles. The van der Waals surface area contributed by atoms with Gasteiger partial charge in [-0.2, -0.15) is 10.4 Å². The van der Waals surface area contributed by atoms with Gasteiger partial charge in [0.2, 0.25) is 0 Å². The Morgan fingerprint density at radius 1 is 1.32 bits per heavy atom. The van der Waals surface area contributed by atoms with E-state index in [4.69, 9.17) is 0 Å². The van der Waals surface area contributed by atoms with Crippen molar-refractivity contribution in [3.8, 4) is 6.07 Å². The summed E-state index contributed by atoms with van der Waals surface area (Å²) >= 11 is 0. The zero-order valence-corrected chi connectivity index (χ0v) is 15.0. The number of likely N-dealkylation sites (N-methyl/N-ethyl adjacent to an activating group) is 1. The highest BCUT2D eigenvalue weighted by atomic mass is 15.2. The van der Waals surface area contributed by atoms with Crippen molar-refractivity contribution in [3.05, 3.63) is 53.5 Å².